The number of alkyl carbamates (subject to hydrolysis) is 1. The molecular weight excluding hydrogens is 602 g/mol. The number of hydrogen-bond acceptors (Lipinski definition) is 5. The minimum Gasteiger partial charge on any atom is -0.444 e. The number of piperidine rings is 1. The number of rotatable bonds is 10. The molecule has 2 aromatic carbocycles. The molecule has 1 saturated carbocycles. The van der Waals surface area contributed by atoms with Gasteiger partial charge in [-0.3, -0.25) is 9.69 Å². The molecule has 248 valence electrons. The van der Waals surface area contributed by atoms with Crippen LogP contribution in [0.3, 0.4) is 0 Å². The van der Waals surface area contributed by atoms with E-state index in [9.17, 15) is 22.8 Å². The molecule has 3 aromatic rings. The maximum absolute atomic E-state index is 15.1. The van der Waals surface area contributed by atoms with Gasteiger partial charge in [0.25, 0.3) is 5.91 Å². The van der Waals surface area contributed by atoms with Crippen molar-refractivity contribution in [2.24, 2.45) is 5.92 Å². The number of nitrogens with one attached hydrogen (secondary N) is 2. The van der Waals surface area contributed by atoms with E-state index in [1.54, 1.807) is 45.0 Å². The number of hydrogen-bond donors (Lipinski definition) is 2. The van der Waals surface area contributed by atoms with Crippen LogP contribution >= 0.6 is 0 Å². The molecule has 2 heterocycles. The highest BCUT2D eigenvalue weighted by molar-refractivity contribution is 6.03. The summed E-state index contributed by atoms with van der Waals surface area (Å²) < 4.78 is 62.6. The molecule has 1 aliphatic heterocycles. The number of benzene rings is 2. The van der Waals surface area contributed by atoms with Gasteiger partial charge in [-0.25, -0.2) is 13.9 Å². The second-order valence-electron chi connectivity index (χ2n) is 13.2. The van der Waals surface area contributed by atoms with Crippen LogP contribution in [0.4, 0.5) is 28.0 Å². The summed E-state index contributed by atoms with van der Waals surface area (Å²) in [5, 5.41) is 8.81. The van der Waals surface area contributed by atoms with Crippen molar-refractivity contribution in [2.75, 3.05) is 18.4 Å². The van der Waals surface area contributed by atoms with Crippen LogP contribution < -0.4 is 10.6 Å². The van der Waals surface area contributed by atoms with Gasteiger partial charge in [0, 0.05) is 18.7 Å². The molecule has 0 bridgehead atoms. The summed E-state index contributed by atoms with van der Waals surface area (Å²) in [6.07, 6.45) is 2.33. The Bertz CT molecular complexity index is 1540. The number of carbonyl (C=O) groups is 2. The van der Waals surface area contributed by atoms with Crippen LogP contribution in [-0.2, 0) is 17.5 Å². The lowest BCUT2D eigenvalue weighted by Gasteiger charge is -2.35. The minimum absolute atomic E-state index is 0.0224. The van der Waals surface area contributed by atoms with E-state index in [1.807, 2.05) is 0 Å². The Morgan fingerprint density at radius 2 is 1.76 bits per heavy atom. The molecule has 5 rings (SSSR count). The van der Waals surface area contributed by atoms with Crippen LogP contribution in [0.5, 0.6) is 0 Å². The Morgan fingerprint density at radius 3 is 2.43 bits per heavy atom. The zero-order valence-electron chi connectivity index (χ0n) is 26.4. The predicted octanol–water partition coefficient (Wildman–Crippen LogP) is 8.02. The number of ether oxygens (including phenoxy) is 1. The lowest BCUT2D eigenvalue weighted by Crippen LogP contribution is -2.34. The summed E-state index contributed by atoms with van der Waals surface area (Å²) in [5.41, 5.74) is -0.941. The van der Waals surface area contributed by atoms with Crippen LogP contribution in [0.1, 0.15) is 99.1 Å². The lowest BCUT2D eigenvalue weighted by atomic mass is 9.96. The fraction of sp³-hybridized carbons (Fsp3) is 0.500. The number of likely N-dealkylation sites (tertiary alicyclic amines) is 1. The standard InChI is InChI=1S/C34H41F4N5O3/c1-33(2,3)46-32(45)39-21-23-8-7-9-25(18-23)43-29(20-30(41-43)34(36,37)38)31(44)40-27-19-24(13-14-26(27)35)28(15-12-22-10-11-22)42-16-5-4-6-17-42/h7-9,13-14,18-20,22,28H,4-6,10-12,15-17,21H2,1-3H3,(H,39,45)(H,40,44). The number of nitrogens with zero attached hydrogens (tertiary/aromatic N) is 3. The maximum Gasteiger partial charge on any atom is 0.435 e. The number of halogens is 4. The van der Waals surface area contributed by atoms with E-state index in [4.69, 9.17) is 4.74 Å². The molecule has 8 nitrogen and oxygen atoms in total. The Balaban J connectivity index is 1.40. The van der Waals surface area contributed by atoms with Crippen LogP contribution in [0.25, 0.3) is 5.69 Å². The Morgan fingerprint density at radius 1 is 1.02 bits per heavy atom. The van der Waals surface area contributed by atoms with E-state index >= 15 is 4.39 Å². The van der Waals surface area contributed by atoms with E-state index in [2.05, 4.69) is 20.6 Å². The fourth-order valence-electron chi connectivity index (χ4n) is 5.79. The zero-order valence-corrected chi connectivity index (χ0v) is 26.4. The molecule has 12 heteroatoms. The van der Waals surface area contributed by atoms with Gasteiger partial charge in [0.1, 0.15) is 17.1 Å². The number of amides is 2. The monoisotopic (exact) mass is 643 g/mol. The van der Waals surface area contributed by atoms with Gasteiger partial charge in [-0.1, -0.05) is 37.5 Å². The second-order valence-corrected chi connectivity index (χ2v) is 13.2. The van der Waals surface area contributed by atoms with E-state index in [0.29, 0.717) is 11.6 Å². The topological polar surface area (TPSA) is 88.5 Å². The van der Waals surface area contributed by atoms with Crippen molar-refractivity contribution in [3.8, 4) is 5.69 Å². The number of aromatic nitrogens is 2. The van der Waals surface area contributed by atoms with Crippen molar-refractivity contribution < 1.29 is 31.9 Å². The van der Waals surface area contributed by atoms with Crippen molar-refractivity contribution in [3.63, 3.8) is 0 Å². The van der Waals surface area contributed by atoms with Gasteiger partial charge >= 0.3 is 12.3 Å². The summed E-state index contributed by atoms with van der Waals surface area (Å²) in [6.45, 7) is 7.08. The average Bonchev–Trinajstić information content (AvgIpc) is 3.70. The molecule has 2 fully saturated rings. The third kappa shape index (κ3) is 8.86. The largest absolute Gasteiger partial charge is 0.444 e. The minimum atomic E-state index is -4.83. The molecule has 1 aliphatic carbocycles. The Hall–Kier alpha value is -3.93. The van der Waals surface area contributed by atoms with Gasteiger partial charge < -0.3 is 15.4 Å². The molecule has 2 aliphatic rings. The SMILES string of the molecule is CC(C)(C)OC(=O)NCc1cccc(-n2nc(C(F)(F)F)cc2C(=O)Nc2cc(C(CCC3CC3)N3CCCCC3)ccc2F)c1. The first-order valence-electron chi connectivity index (χ1n) is 15.8. The smallest absolute Gasteiger partial charge is 0.435 e. The summed E-state index contributed by atoms with van der Waals surface area (Å²) in [5.74, 6) is -0.903. The molecule has 1 atom stereocenters. The summed E-state index contributed by atoms with van der Waals surface area (Å²) in [7, 11) is 0. The zero-order chi connectivity index (χ0) is 33.1. The third-order valence-electron chi connectivity index (χ3n) is 8.22. The molecule has 1 saturated heterocycles. The second kappa shape index (κ2) is 13.8. The van der Waals surface area contributed by atoms with Crippen molar-refractivity contribution in [2.45, 2.75) is 90.1 Å². The van der Waals surface area contributed by atoms with Gasteiger partial charge in [-0.05, 0) is 101 Å². The fourth-order valence-corrected chi connectivity index (χ4v) is 5.79. The van der Waals surface area contributed by atoms with Crippen LogP contribution in [0, 0.1) is 11.7 Å². The molecule has 0 spiro atoms. The van der Waals surface area contributed by atoms with Crippen LogP contribution in [0.2, 0.25) is 0 Å². The van der Waals surface area contributed by atoms with Gasteiger partial charge in [-0.15, -0.1) is 0 Å². The molecule has 46 heavy (non-hydrogen) atoms. The molecule has 2 amide bonds. The lowest BCUT2D eigenvalue weighted by molar-refractivity contribution is -0.141. The molecule has 1 aromatic heterocycles. The van der Waals surface area contributed by atoms with Crippen molar-refractivity contribution in [3.05, 3.63) is 76.9 Å². The van der Waals surface area contributed by atoms with E-state index in [-0.39, 0.29) is 24.0 Å². The molecule has 0 radical (unpaired) electrons. The summed E-state index contributed by atoms with van der Waals surface area (Å²) in [4.78, 5) is 28.1. The Labute approximate surface area is 266 Å². The number of carbonyl (C=O) groups excluding carboxylic acids is 2. The summed E-state index contributed by atoms with van der Waals surface area (Å²) in [6, 6.07) is 11.6. The van der Waals surface area contributed by atoms with E-state index in [0.717, 1.165) is 54.9 Å². The normalized spacial score (nSPS) is 16.6. The maximum atomic E-state index is 15.1. The molecule has 1 unspecified atom stereocenters. The van der Waals surface area contributed by atoms with Crippen molar-refractivity contribution in [1.29, 1.82) is 0 Å². The average molecular weight is 644 g/mol. The highest BCUT2D eigenvalue weighted by Crippen LogP contribution is 2.39. The highest BCUT2D eigenvalue weighted by atomic mass is 19.4. The highest BCUT2D eigenvalue weighted by Gasteiger charge is 2.36. The predicted molar refractivity (Wildman–Crippen MR) is 166 cm³/mol. The molecular formula is C34H41F4N5O3. The van der Waals surface area contributed by atoms with Gasteiger partial charge in [0.15, 0.2) is 5.69 Å². The van der Waals surface area contributed by atoms with Crippen molar-refractivity contribution >= 4 is 17.7 Å². The van der Waals surface area contributed by atoms with Gasteiger partial charge in [-0.2, -0.15) is 18.3 Å². The van der Waals surface area contributed by atoms with Gasteiger partial charge in [0.05, 0.1) is 11.4 Å². The van der Waals surface area contributed by atoms with Crippen LogP contribution in [-0.4, -0.2) is 45.4 Å². The first kappa shape index (κ1) is 33.4. The summed E-state index contributed by atoms with van der Waals surface area (Å²) >= 11 is 0. The third-order valence-corrected chi connectivity index (χ3v) is 8.22. The number of anilines is 1. The van der Waals surface area contributed by atoms with Crippen molar-refractivity contribution in [1.82, 2.24) is 20.0 Å². The number of alkyl halides is 3. The molecule has 2 N–H and O–H groups in total. The quantitative estimate of drug-likeness (QED) is 0.219. The Kier molecular flexibility index (Phi) is 10.0. The van der Waals surface area contributed by atoms with Crippen LogP contribution in [0.15, 0.2) is 48.5 Å². The first-order valence-corrected chi connectivity index (χ1v) is 15.8. The first-order chi connectivity index (χ1) is 21.8. The van der Waals surface area contributed by atoms with Gasteiger partial charge in [0.2, 0.25) is 0 Å². The van der Waals surface area contributed by atoms with E-state index < -0.39 is 41.0 Å². The van der Waals surface area contributed by atoms with E-state index in [1.165, 1.54) is 37.5 Å².